The first-order valence-electron chi connectivity index (χ1n) is 9.59. The van der Waals surface area contributed by atoms with Gasteiger partial charge >= 0.3 is 0 Å². The molecule has 2 saturated heterocycles. The second kappa shape index (κ2) is 8.37. The zero-order chi connectivity index (χ0) is 19.6. The third-order valence-electron chi connectivity index (χ3n) is 5.66. The third kappa shape index (κ3) is 4.58. The zero-order valence-electron chi connectivity index (χ0n) is 16.0. The third-order valence-corrected chi connectivity index (χ3v) is 7.78. The van der Waals surface area contributed by atoms with Gasteiger partial charge in [0.25, 0.3) is 0 Å². The minimum Gasteiger partial charge on any atom is -0.368 e. The van der Waals surface area contributed by atoms with E-state index in [1.807, 2.05) is 23.1 Å². The van der Waals surface area contributed by atoms with Crippen LogP contribution in [0.4, 0.5) is 5.69 Å². The minimum atomic E-state index is -3.15. The monoisotopic (exact) mass is 413 g/mol. The highest BCUT2D eigenvalue weighted by molar-refractivity contribution is 7.89. The second-order valence-electron chi connectivity index (χ2n) is 7.32. The lowest BCUT2D eigenvalue weighted by molar-refractivity contribution is -0.137. The number of carbonyl (C=O) groups is 1. The summed E-state index contributed by atoms with van der Waals surface area (Å²) in [6.45, 7) is 7.60. The number of halogens is 1. The van der Waals surface area contributed by atoms with Crippen molar-refractivity contribution in [3.8, 4) is 0 Å². The Hall–Kier alpha value is -1.31. The minimum absolute atomic E-state index is 0.0623. The molecule has 0 atom stereocenters. The molecule has 150 valence electrons. The molecule has 0 unspecified atom stereocenters. The van der Waals surface area contributed by atoms with Crippen LogP contribution >= 0.6 is 11.6 Å². The summed E-state index contributed by atoms with van der Waals surface area (Å²) in [5.74, 6) is 0.231. The van der Waals surface area contributed by atoms with Crippen LogP contribution in [0.25, 0.3) is 0 Å². The molecule has 1 aromatic carbocycles. The lowest BCUT2D eigenvalue weighted by atomic mass is 9.96. The summed E-state index contributed by atoms with van der Waals surface area (Å²) >= 11 is 6.13. The largest absolute Gasteiger partial charge is 0.368 e. The Labute approximate surface area is 167 Å². The number of rotatable bonds is 4. The number of amides is 1. The van der Waals surface area contributed by atoms with Gasteiger partial charge in [-0.2, -0.15) is 0 Å². The Balaban J connectivity index is 1.54. The molecule has 0 spiro atoms. The van der Waals surface area contributed by atoms with E-state index in [2.05, 4.69) is 11.8 Å². The highest BCUT2D eigenvalue weighted by atomic mass is 35.5. The molecule has 8 heteroatoms. The van der Waals surface area contributed by atoms with Crippen molar-refractivity contribution in [1.29, 1.82) is 0 Å². The van der Waals surface area contributed by atoms with Crippen LogP contribution in [0.15, 0.2) is 18.2 Å². The molecule has 0 radical (unpaired) electrons. The van der Waals surface area contributed by atoms with Crippen LogP contribution in [-0.4, -0.2) is 68.6 Å². The number of piperazine rings is 1. The SMILES string of the molecule is CCS(=O)(=O)N1CCC(C(=O)N2CCN(c3cc(Cl)ccc3C)CC2)CC1. The van der Waals surface area contributed by atoms with Crippen molar-refractivity contribution >= 4 is 33.2 Å². The molecule has 6 nitrogen and oxygen atoms in total. The summed E-state index contributed by atoms with van der Waals surface area (Å²) in [5, 5.41) is 0.725. The summed E-state index contributed by atoms with van der Waals surface area (Å²) in [6, 6.07) is 5.90. The Bertz CT molecular complexity index is 783. The average molecular weight is 414 g/mol. The molecule has 2 heterocycles. The van der Waals surface area contributed by atoms with Crippen LogP contribution in [-0.2, 0) is 14.8 Å². The number of sulfonamides is 1. The summed E-state index contributed by atoms with van der Waals surface area (Å²) < 4.78 is 25.5. The molecule has 3 rings (SSSR count). The average Bonchev–Trinajstić information content (AvgIpc) is 2.69. The smallest absolute Gasteiger partial charge is 0.225 e. The van der Waals surface area contributed by atoms with Crippen molar-refractivity contribution in [3.05, 3.63) is 28.8 Å². The summed E-state index contributed by atoms with van der Waals surface area (Å²) in [6.07, 6.45) is 1.23. The van der Waals surface area contributed by atoms with Gasteiger partial charge in [0, 0.05) is 55.9 Å². The fourth-order valence-electron chi connectivity index (χ4n) is 3.91. The normalized spacial score (nSPS) is 20.1. The number of carbonyl (C=O) groups excluding carboxylic acids is 1. The number of benzene rings is 1. The molecule has 2 aliphatic heterocycles. The van der Waals surface area contributed by atoms with Crippen molar-refractivity contribution in [2.75, 3.05) is 49.9 Å². The summed E-state index contributed by atoms with van der Waals surface area (Å²) in [7, 11) is -3.15. The predicted molar refractivity (Wildman–Crippen MR) is 109 cm³/mol. The van der Waals surface area contributed by atoms with E-state index in [4.69, 9.17) is 11.6 Å². The lowest BCUT2D eigenvalue weighted by Crippen LogP contribution is -2.52. The topological polar surface area (TPSA) is 60.9 Å². The number of hydrogen-bond donors (Lipinski definition) is 0. The molecule has 0 aliphatic carbocycles. The standard InChI is InChI=1S/C19H28ClN3O3S/c1-3-27(25,26)23-8-6-16(7-9-23)19(24)22-12-10-21(11-13-22)18-14-17(20)5-4-15(18)2/h4-5,14,16H,3,6-13H2,1-2H3. The maximum Gasteiger partial charge on any atom is 0.225 e. The van der Waals surface area contributed by atoms with Crippen LogP contribution < -0.4 is 4.90 Å². The molecule has 1 amide bonds. The highest BCUT2D eigenvalue weighted by Crippen LogP contribution is 2.27. The van der Waals surface area contributed by atoms with Crippen molar-refractivity contribution < 1.29 is 13.2 Å². The van der Waals surface area contributed by atoms with Crippen molar-refractivity contribution in [2.24, 2.45) is 5.92 Å². The first-order valence-corrected chi connectivity index (χ1v) is 11.6. The number of hydrogen-bond acceptors (Lipinski definition) is 4. The Kier molecular flexibility index (Phi) is 6.33. The molecule has 0 saturated carbocycles. The van der Waals surface area contributed by atoms with E-state index < -0.39 is 10.0 Å². The van der Waals surface area contributed by atoms with Crippen molar-refractivity contribution in [3.63, 3.8) is 0 Å². The molecule has 0 aromatic heterocycles. The second-order valence-corrected chi connectivity index (χ2v) is 10.0. The Morgan fingerprint density at radius 1 is 1.11 bits per heavy atom. The van der Waals surface area contributed by atoms with Gasteiger partial charge < -0.3 is 9.80 Å². The Morgan fingerprint density at radius 2 is 1.74 bits per heavy atom. The van der Waals surface area contributed by atoms with Crippen LogP contribution in [0.1, 0.15) is 25.3 Å². The van der Waals surface area contributed by atoms with E-state index in [9.17, 15) is 13.2 Å². The lowest BCUT2D eigenvalue weighted by Gasteiger charge is -2.39. The van der Waals surface area contributed by atoms with Gasteiger partial charge in [-0.15, -0.1) is 0 Å². The maximum atomic E-state index is 12.9. The first kappa shape index (κ1) is 20.4. The molecule has 0 bridgehead atoms. The van der Waals surface area contributed by atoms with Crippen LogP contribution in [0.2, 0.25) is 5.02 Å². The number of nitrogens with zero attached hydrogens (tertiary/aromatic N) is 3. The van der Waals surface area contributed by atoms with Crippen LogP contribution in [0.5, 0.6) is 0 Å². The van der Waals surface area contributed by atoms with Crippen LogP contribution in [0.3, 0.4) is 0 Å². The summed E-state index contributed by atoms with van der Waals surface area (Å²) in [4.78, 5) is 17.1. The molecular weight excluding hydrogens is 386 g/mol. The first-order chi connectivity index (χ1) is 12.8. The van der Waals surface area contributed by atoms with Crippen molar-refractivity contribution in [1.82, 2.24) is 9.21 Å². The fraction of sp³-hybridized carbons (Fsp3) is 0.632. The number of anilines is 1. The number of aryl methyl sites for hydroxylation is 1. The van der Waals surface area contributed by atoms with E-state index in [0.29, 0.717) is 39.0 Å². The maximum absolute atomic E-state index is 12.9. The van der Waals surface area contributed by atoms with Gasteiger partial charge in [-0.1, -0.05) is 17.7 Å². The molecule has 2 fully saturated rings. The molecule has 1 aromatic rings. The number of piperidine rings is 1. The van der Waals surface area contributed by atoms with Gasteiger partial charge in [0.1, 0.15) is 0 Å². The molecule has 2 aliphatic rings. The molecule has 0 N–H and O–H groups in total. The zero-order valence-corrected chi connectivity index (χ0v) is 17.6. The van der Waals surface area contributed by atoms with E-state index in [1.165, 1.54) is 9.87 Å². The quantitative estimate of drug-likeness (QED) is 0.760. The van der Waals surface area contributed by atoms with Gasteiger partial charge in [-0.3, -0.25) is 4.79 Å². The van der Waals surface area contributed by atoms with E-state index in [-0.39, 0.29) is 17.6 Å². The summed E-state index contributed by atoms with van der Waals surface area (Å²) in [5.41, 5.74) is 2.32. The predicted octanol–water partition coefficient (Wildman–Crippen LogP) is 2.36. The van der Waals surface area contributed by atoms with Crippen molar-refractivity contribution in [2.45, 2.75) is 26.7 Å². The van der Waals surface area contributed by atoms with Gasteiger partial charge in [-0.05, 0) is 44.4 Å². The van der Waals surface area contributed by atoms with Gasteiger partial charge in [0.15, 0.2) is 0 Å². The highest BCUT2D eigenvalue weighted by Gasteiger charge is 2.33. The van der Waals surface area contributed by atoms with E-state index >= 15 is 0 Å². The van der Waals surface area contributed by atoms with Gasteiger partial charge in [-0.25, -0.2) is 12.7 Å². The van der Waals surface area contributed by atoms with Gasteiger partial charge in [0.2, 0.25) is 15.9 Å². The van der Waals surface area contributed by atoms with E-state index in [1.54, 1.807) is 6.92 Å². The van der Waals surface area contributed by atoms with Crippen LogP contribution in [0, 0.1) is 12.8 Å². The van der Waals surface area contributed by atoms with Gasteiger partial charge in [0.05, 0.1) is 5.75 Å². The molecule has 27 heavy (non-hydrogen) atoms. The van der Waals surface area contributed by atoms with E-state index in [0.717, 1.165) is 23.8 Å². The fourth-order valence-corrected chi connectivity index (χ4v) is 5.21. The molecular formula is C19H28ClN3O3S. The Morgan fingerprint density at radius 3 is 2.33 bits per heavy atom.